The zero-order valence-corrected chi connectivity index (χ0v) is 16.8. The van der Waals surface area contributed by atoms with Crippen LogP contribution in [0.25, 0.3) is 11.3 Å². The highest BCUT2D eigenvalue weighted by Crippen LogP contribution is 2.35. The Morgan fingerprint density at radius 1 is 1.06 bits per heavy atom. The first kappa shape index (κ1) is 20.6. The van der Waals surface area contributed by atoms with E-state index in [2.05, 4.69) is 16.0 Å². The lowest BCUT2D eigenvalue weighted by Gasteiger charge is -2.37. The second kappa shape index (κ2) is 8.60. The van der Waals surface area contributed by atoms with Crippen molar-refractivity contribution in [2.45, 2.75) is 19.3 Å². The molecule has 0 saturated carbocycles. The number of nitrogens with zero attached hydrogens (tertiary/aromatic N) is 4. The van der Waals surface area contributed by atoms with Crippen molar-refractivity contribution in [3.05, 3.63) is 83.8 Å². The van der Waals surface area contributed by atoms with Crippen LogP contribution in [0.4, 0.5) is 8.78 Å². The third-order valence-electron chi connectivity index (χ3n) is 5.76. The summed E-state index contributed by atoms with van der Waals surface area (Å²) < 4.78 is 26.8. The number of carbonyl (C=O) groups excluding carboxylic acids is 1. The first-order valence-corrected chi connectivity index (χ1v) is 10.0. The van der Waals surface area contributed by atoms with Gasteiger partial charge in [-0.05, 0) is 61.2 Å². The average molecular weight is 418 g/mol. The van der Waals surface area contributed by atoms with Crippen LogP contribution in [0.15, 0.2) is 61.1 Å². The van der Waals surface area contributed by atoms with Gasteiger partial charge < -0.3 is 4.90 Å². The van der Waals surface area contributed by atoms with E-state index in [0.717, 1.165) is 17.7 Å². The fourth-order valence-corrected chi connectivity index (χ4v) is 3.99. The predicted octanol–water partition coefficient (Wildman–Crippen LogP) is 4.41. The van der Waals surface area contributed by atoms with E-state index in [1.54, 1.807) is 47.8 Å². The zero-order chi connectivity index (χ0) is 21.8. The van der Waals surface area contributed by atoms with Crippen LogP contribution in [0.3, 0.4) is 0 Å². The highest BCUT2D eigenvalue weighted by atomic mass is 19.2. The summed E-state index contributed by atoms with van der Waals surface area (Å²) in [5.74, 6) is -1.96. The highest BCUT2D eigenvalue weighted by molar-refractivity contribution is 5.99. The molecule has 0 bridgehead atoms. The molecule has 3 heterocycles. The summed E-state index contributed by atoms with van der Waals surface area (Å²) in [5.41, 5.74) is 1.75. The molecule has 1 aliphatic rings. The molecule has 0 unspecified atom stereocenters. The summed E-state index contributed by atoms with van der Waals surface area (Å²) in [6.45, 7) is 0.807. The predicted molar refractivity (Wildman–Crippen MR) is 111 cm³/mol. The van der Waals surface area contributed by atoms with Crippen LogP contribution in [0.2, 0.25) is 0 Å². The molecular weight excluding hydrogens is 398 g/mol. The largest absolute Gasteiger partial charge is 0.338 e. The van der Waals surface area contributed by atoms with Gasteiger partial charge >= 0.3 is 0 Å². The third-order valence-corrected chi connectivity index (χ3v) is 5.76. The van der Waals surface area contributed by atoms with Crippen LogP contribution in [0.1, 0.15) is 28.8 Å². The van der Waals surface area contributed by atoms with Gasteiger partial charge in [-0.1, -0.05) is 6.07 Å². The number of carbonyl (C=O) groups is 1. The number of piperidine rings is 1. The number of amides is 1. The number of likely N-dealkylation sites (tertiary alicyclic amines) is 1. The average Bonchev–Trinajstić information content (AvgIpc) is 2.82. The van der Waals surface area contributed by atoms with Crippen molar-refractivity contribution >= 4 is 5.91 Å². The van der Waals surface area contributed by atoms with Crippen molar-refractivity contribution in [2.24, 2.45) is 5.41 Å². The number of aromatic nitrogens is 2. The molecular formula is C24H20F2N4O. The number of nitriles is 1. The summed E-state index contributed by atoms with van der Waals surface area (Å²) in [6.07, 6.45) is 6.18. The molecule has 1 fully saturated rings. The second-order valence-electron chi connectivity index (χ2n) is 7.75. The first-order valence-electron chi connectivity index (χ1n) is 10.0. The van der Waals surface area contributed by atoms with Crippen molar-refractivity contribution in [3.8, 4) is 17.3 Å². The molecule has 1 saturated heterocycles. The lowest BCUT2D eigenvalue weighted by atomic mass is 9.75. The number of halogens is 2. The SMILES string of the molecule is N#CC1(Cc2ccc(F)c(F)c2)CCN(C(=O)c2cccnc2-c2ccncc2)CC1. The molecule has 156 valence electrons. The Bertz CT molecular complexity index is 1140. The molecule has 4 rings (SSSR count). The summed E-state index contributed by atoms with van der Waals surface area (Å²) in [7, 11) is 0. The lowest BCUT2D eigenvalue weighted by molar-refractivity contribution is 0.0647. The van der Waals surface area contributed by atoms with Crippen LogP contribution in [-0.4, -0.2) is 33.9 Å². The molecule has 1 amide bonds. The number of hydrogen-bond acceptors (Lipinski definition) is 4. The highest BCUT2D eigenvalue weighted by Gasteiger charge is 2.37. The molecule has 1 aliphatic heterocycles. The molecule has 0 spiro atoms. The van der Waals surface area contributed by atoms with Gasteiger partial charge in [0, 0.05) is 37.2 Å². The van der Waals surface area contributed by atoms with E-state index in [4.69, 9.17) is 0 Å². The van der Waals surface area contributed by atoms with E-state index in [1.807, 2.05) is 0 Å². The van der Waals surface area contributed by atoms with Gasteiger partial charge in [0.15, 0.2) is 11.6 Å². The van der Waals surface area contributed by atoms with E-state index in [1.165, 1.54) is 6.07 Å². The minimum Gasteiger partial charge on any atom is -0.338 e. The summed E-state index contributed by atoms with van der Waals surface area (Å²) >= 11 is 0. The van der Waals surface area contributed by atoms with E-state index in [9.17, 15) is 18.8 Å². The van der Waals surface area contributed by atoms with E-state index in [-0.39, 0.29) is 5.91 Å². The fourth-order valence-electron chi connectivity index (χ4n) is 3.99. The minimum atomic E-state index is -0.918. The normalized spacial score (nSPS) is 15.3. The first-order chi connectivity index (χ1) is 15.0. The smallest absolute Gasteiger partial charge is 0.256 e. The van der Waals surface area contributed by atoms with Crippen LogP contribution < -0.4 is 0 Å². The Hall–Kier alpha value is -3.66. The van der Waals surface area contributed by atoms with Gasteiger partial charge in [-0.25, -0.2) is 8.78 Å². The number of rotatable bonds is 4. The van der Waals surface area contributed by atoms with Gasteiger partial charge in [-0.3, -0.25) is 14.8 Å². The lowest BCUT2D eigenvalue weighted by Crippen LogP contribution is -2.43. The van der Waals surface area contributed by atoms with E-state index < -0.39 is 17.0 Å². The molecule has 0 N–H and O–H groups in total. The molecule has 0 aliphatic carbocycles. The van der Waals surface area contributed by atoms with Gasteiger partial charge in [-0.2, -0.15) is 5.26 Å². The van der Waals surface area contributed by atoms with Crippen molar-refractivity contribution in [1.82, 2.24) is 14.9 Å². The maximum Gasteiger partial charge on any atom is 0.256 e. The molecule has 1 aromatic carbocycles. The Kier molecular flexibility index (Phi) is 5.72. The second-order valence-corrected chi connectivity index (χ2v) is 7.75. The molecule has 31 heavy (non-hydrogen) atoms. The standard InChI is InChI=1S/C24H20F2N4O/c25-20-4-3-17(14-21(20)26)15-24(16-27)7-12-30(13-8-24)23(31)19-2-1-9-29-22(19)18-5-10-28-11-6-18/h1-6,9-11,14H,7-8,12-13,15H2. The van der Waals surface area contributed by atoms with Gasteiger partial charge in [-0.15, -0.1) is 0 Å². The van der Waals surface area contributed by atoms with Crippen molar-refractivity contribution < 1.29 is 13.6 Å². The molecule has 0 radical (unpaired) electrons. The van der Waals surface area contributed by atoms with Gasteiger partial charge in [0.05, 0.1) is 22.7 Å². The fraction of sp³-hybridized carbons (Fsp3) is 0.250. The summed E-state index contributed by atoms with van der Waals surface area (Å²) in [4.78, 5) is 23.3. The van der Waals surface area contributed by atoms with Gasteiger partial charge in [0.2, 0.25) is 0 Å². The van der Waals surface area contributed by atoms with Crippen molar-refractivity contribution in [1.29, 1.82) is 5.26 Å². The zero-order valence-electron chi connectivity index (χ0n) is 16.8. The molecule has 3 aromatic rings. The molecule has 7 heteroatoms. The molecule has 2 aromatic heterocycles. The number of pyridine rings is 2. The molecule has 0 atom stereocenters. The third kappa shape index (κ3) is 4.29. The topological polar surface area (TPSA) is 69.9 Å². The Balaban J connectivity index is 1.50. The quantitative estimate of drug-likeness (QED) is 0.629. The monoisotopic (exact) mass is 418 g/mol. The molecule has 5 nitrogen and oxygen atoms in total. The Morgan fingerprint density at radius 2 is 1.81 bits per heavy atom. The minimum absolute atomic E-state index is 0.140. The van der Waals surface area contributed by atoms with Crippen LogP contribution in [-0.2, 0) is 6.42 Å². The summed E-state index contributed by atoms with van der Waals surface area (Å²) in [6, 6.07) is 13.2. The van der Waals surface area contributed by atoms with Crippen molar-refractivity contribution in [3.63, 3.8) is 0 Å². The maximum absolute atomic E-state index is 13.6. The van der Waals surface area contributed by atoms with E-state index in [0.29, 0.717) is 49.2 Å². The van der Waals surface area contributed by atoms with Gasteiger partial charge in [0.1, 0.15) is 0 Å². The maximum atomic E-state index is 13.6. The Morgan fingerprint density at radius 3 is 2.48 bits per heavy atom. The Labute approximate surface area is 179 Å². The summed E-state index contributed by atoms with van der Waals surface area (Å²) in [5, 5.41) is 9.82. The van der Waals surface area contributed by atoms with Crippen LogP contribution in [0, 0.1) is 28.4 Å². The van der Waals surface area contributed by atoms with Gasteiger partial charge in [0.25, 0.3) is 5.91 Å². The number of hydrogen-bond donors (Lipinski definition) is 0. The van der Waals surface area contributed by atoms with E-state index >= 15 is 0 Å². The van der Waals surface area contributed by atoms with Crippen LogP contribution >= 0.6 is 0 Å². The van der Waals surface area contributed by atoms with Crippen molar-refractivity contribution in [2.75, 3.05) is 13.1 Å². The van der Waals surface area contributed by atoms with Crippen LogP contribution in [0.5, 0.6) is 0 Å². The number of benzene rings is 1.